The summed E-state index contributed by atoms with van der Waals surface area (Å²) in [6.45, 7) is 4.16. The van der Waals surface area contributed by atoms with E-state index < -0.39 is 0 Å². The van der Waals surface area contributed by atoms with Crippen LogP contribution in [-0.2, 0) is 0 Å². The molecule has 2 N–H and O–H groups in total. The zero-order valence-corrected chi connectivity index (χ0v) is 11.8. The molecule has 19 heavy (non-hydrogen) atoms. The molecule has 1 aromatic heterocycles. The number of pyridine rings is 1. The number of rotatable bonds is 4. The predicted molar refractivity (Wildman–Crippen MR) is 80.7 cm³/mol. The van der Waals surface area contributed by atoms with Crippen molar-refractivity contribution in [2.24, 2.45) is 5.73 Å². The van der Waals surface area contributed by atoms with Crippen molar-refractivity contribution >= 4 is 11.4 Å². The van der Waals surface area contributed by atoms with Gasteiger partial charge in [0.1, 0.15) is 0 Å². The fraction of sp³-hybridized carbons (Fsp3) is 0.312. The summed E-state index contributed by atoms with van der Waals surface area (Å²) in [5.41, 5.74) is 10.4. The first-order valence-electron chi connectivity index (χ1n) is 6.63. The van der Waals surface area contributed by atoms with Gasteiger partial charge in [0.2, 0.25) is 0 Å². The third-order valence-electron chi connectivity index (χ3n) is 3.40. The number of nitrogens with zero attached hydrogens (tertiary/aromatic N) is 2. The number of hydrogen-bond donors (Lipinski definition) is 1. The van der Waals surface area contributed by atoms with Crippen LogP contribution in [0.15, 0.2) is 42.6 Å². The standard InChI is InChI=1S/C16H21N3/c1-4-15(17)16-10-9-14(11-18-16)19(3)13-7-5-12(2)6-8-13/h5-11,15H,4,17H2,1-3H3/t15-/m1/s1. The maximum Gasteiger partial charge on any atom is 0.0594 e. The van der Waals surface area contributed by atoms with Crippen molar-refractivity contribution in [1.82, 2.24) is 4.98 Å². The normalized spacial score (nSPS) is 12.2. The Morgan fingerprint density at radius 2 is 1.74 bits per heavy atom. The number of anilines is 2. The van der Waals surface area contributed by atoms with Gasteiger partial charge < -0.3 is 10.6 Å². The van der Waals surface area contributed by atoms with E-state index in [1.54, 1.807) is 0 Å². The molecule has 0 saturated carbocycles. The predicted octanol–water partition coefficient (Wildman–Crippen LogP) is 3.57. The Labute approximate surface area is 115 Å². The van der Waals surface area contributed by atoms with Gasteiger partial charge in [-0.3, -0.25) is 4.98 Å². The fourth-order valence-corrected chi connectivity index (χ4v) is 1.94. The molecule has 0 unspecified atom stereocenters. The van der Waals surface area contributed by atoms with Gasteiger partial charge in [0.05, 0.1) is 17.6 Å². The van der Waals surface area contributed by atoms with Crippen molar-refractivity contribution in [2.45, 2.75) is 26.3 Å². The number of aromatic nitrogens is 1. The van der Waals surface area contributed by atoms with Gasteiger partial charge in [-0.2, -0.15) is 0 Å². The second-order valence-corrected chi connectivity index (χ2v) is 4.85. The fourth-order valence-electron chi connectivity index (χ4n) is 1.94. The van der Waals surface area contributed by atoms with Gasteiger partial charge in [0.15, 0.2) is 0 Å². The number of hydrogen-bond acceptors (Lipinski definition) is 3. The Hall–Kier alpha value is -1.87. The second kappa shape index (κ2) is 5.85. The summed E-state index contributed by atoms with van der Waals surface area (Å²) in [5.74, 6) is 0. The molecule has 100 valence electrons. The van der Waals surface area contributed by atoms with Crippen LogP contribution in [0.2, 0.25) is 0 Å². The summed E-state index contributed by atoms with van der Waals surface area (Å²) in [4.78, 5) is 6.57. The van der Waals surface area contributed by atoms with E-state index in [2.05, 4.69) is 54.1 Å². The van der Waals surface area contributed by atoms with Gasteiger partial charge in [-0.05, 0) is 37.6 Å². The van der Waals surface area contributed by atoms with Crippen molar-refractivity contribution in [3.8, 4) is 0 Å². The monoisotopic (exact) mass is 255 g/mol. The lowest BCUT2D eigenvalue weighted by molar-refractivity contribution is 0.675. The highest BCUT2D eigenvalue weighted by Gasteiger charge is 2.07. The second-order valence-electron chi connectivity index (χ2n) is 4.85. The van der Waals surface area contributed by atoms with E-state index in [1.165, 1.54) is 5.56 Å². The van der Waals surface area contributed by atoms with Gasteiger partial charge >= 0.3 is 0 Å². The molecule has 0 saturated heterocycles. The lowest BCUT2D eigenvalue weighted by Gasteiger charge is -2.20. The lowest BCUT2D eigenvalue weighted by Crippen LogP contribution is -2.13. The molecule has 1 heterocycles. The van der Waals surface area contributed by atoms with Crippen LogP contribution in [-0.4, -0.2) is 12.0 Å². The zero-order chi connectivity index (χ0) is 13.8. The van der Waals surface area contributed by atoms with Crippen LogP contribution in [0.25, 0.3) is 0 Å². The highest BCUT2D eigenvalue weighted by Crippen LogP contribution is 2.24. The van der Waals surface area contributed by atoms with Crippen LogP contribution in [0.4, 0.5) is 11.4 Å². The minimum atomic E-state index is 0.0266. The van der Waals surface area contributed by atoms with E-state index in [1.807, 2.05) is 19.3 Å². The number of aryl methyl sites for hydroxylation is 1. The molecule has 0 bridgehead atoms. The molecule has 3 heteroatoms. The quantitative estimate of drug-likeness (QED) is 0.908. The highest BCUT2D eigenvalue weighted by molar-refractivity contribution is 5.61. The van der Waals surface area contributed by atoms with Crippen molar-refractivity contribution < 1.29 is 0 Å². The molecule has 0 radical (unpaired) electrons. The van der Waals surface area contributed by atoms with E-state index in [-0.39, 0.29) is 6.04 Å². The summed E-state index contributed by atoms with van der Waals surface area (Å²) in [7, 11) is 2.04. The van der Waals surface area contributed by atoms with Crippen molar-refractivity contribution in [3.63, 3.8) is 0 Å². The first kappa shape index (κ1) is 13.6. The number of nitrogens with two attached hydrogens (primary N) is 1. The van der Waals surface area contributed by atoms with Crippen LogP contribution >= 0.6 is 0 Å². The van der Waals surface area contributed by atoms with Crippen LogP contribution in [0.1, 0.15) is 30.6 Å². The van der Waals surface area contributed by atoms with Crippen molar-refractivity contribution in [3.05, 3.63) is 53.9 Å². The smallest absolute Gasteiger partial charge is 0.0594 e. The van der Waals surface area contributed by atoms with Gasteiger partial charge in [0.25, 0.3) is 0 Å². The molecule has 0 aliphatic rings. The van der Waals surface area contributed by atoms with E-state index in [4.69, 9.17) is 5.73 Å². The Kier molecular flexibility index (Phi) is 4.17. The summed E-state index contributed by atoms with van der Waals surface area (Å²) >= 11 is 0. The van der Waals surface area contributed by atoms with Crippen LogP contribution < -0.4 is 10.6 Å². The van der Waals surface area contributed by atoms with E-state index in [9.17, 15) is 0 Å². The Bertz CT molecular complexity index is 517. The summed E-state index contributed by atoms with van der Waals surface area (Å²) in [6.07, 6.45) is 2.78. The largest absolute Gasteiger partial charge is 0.343 e. The minimum Gasteiger partial charge on any atom is -0.343 e. The Morgan fingerprint density at radius 3 is 2.26 bits per heavy atom. The van der Waals surface area contributed by atoms with Crippen LogP contribution in [0, 0.1) is 6.92 Å². The molecule has 3 nitrogen and oxygen atoms in total. The molecule has 0 spiro atoms. The average molecular weight is 255 g/mol. The third-order valence-corrected chi connectivity index (χ3v) is 3.40. The maximum atomic E-state index is 5.97. The number of benzene rings is 1. The van der Waals surface area contributed by atoms with Gasteiger partial charge in [-0.15, -0.1) is 0 Å². The van der Waals surface area contributed by atoms with Gasteiger partial charge in [-0.25, -0.2) is 0 Å². The van der Waals surface area contributed by atoms with E-state index in [0.717, 1.165) is 23.5 Å². The van der Waals surface area contributed by atoms with Crippen molar-refractivity contribution in [1.29, 1.82) is 0 Å². The first-order valence-corrected chi connectivity index (χ1v) is 6.63. The van der Waals surface area contributed by atoms with E-state index in [0.29, 0.717) is 0 Å². The van der Waals surface area contributed by atoms with Crippen molar-refractivity contribution in [2.75, 3.05) is 11.9 Å². The summed E-state index contributed by atoms with van der Waals surface area (Å²) < 4.78 is 0. The van der Waals surface area contributed by atoms with Crippen LogP contribution in [0.5, 0.6) is 0 Å². The molecular formula is C16H21N3. The molecule has 1 aromatic carbocycles. The summed E-state index contributed by atoms with van der Waals surface area (Å²) in [5, 5.41) is 0. The highest BCUT2D eigenvalue weighted by atomic mass is 15.1. The molecule has 0 aliphatic carbocycles. The average Bonchev–Trinajstić information content (AvgIpc) is 2.46. The molecular weight excluding hydrogens is 234 g/mol. The molecule has 1 atom stereocenters. The molecule has 2 rings (SSSR count). The Morgan fingerprint density at radius 1 is 1.11 bits per heavy atom. The van der Waals surface area contributed by atoms with E-state index >= 15 is 0 Å². The third kappa shape index (κ3) is 3.12. The lowest BCUT2D eigenvalue weighted by atomic mass is 10.1. The SMILES string of the molecule is CC[C@@H](N)c1ccc(N(C)c2ccc(C)cc2)cn1. The first-order chi connectivity index (χ1) is 9.11. The van der Waals surface area contributed by atoms with Gasteiger partial charge in [0, 0.05) is 18.8 Å². The Balaban J connectivity index is 2.19. The van der Waals surface area contributed by atoms with Crippen LogP contribution in [0.3, 0.4) is 0 Å². The van der Waals surface area contributed by atoms with Gasteiger partial charge in [-0.1, -0.05) is 24.6 Å². The maximum absolute atomic E-state index is 5.97. The minimum absolute atomic E-state index is 0.0266. The molecule has 0 fully saturated rings. The molecule has 0 aliphatic heterocycles. The molecule has 0 amide bonds. The zero-order valence-electron chi connectivity index (χ0n) is 11.8. The topological polar surface area (TPSA) is 42.1 Å². The molecule has 2 aromatic rings. The summed E-state index contributed by atoms with van der Waals surface area (Å²) in [6, 6.07) is 12.5.